The first-order valence-electron chi connectivity index (χ1n) is 53.6. The smallest absolute Gasteiger partial charge is 0.143 e. The average Bonchev–Trinajstić information content (AvgIpc) is 1.17. The van der Waals surface area contributed by atoms with E-state index in [1.54, 1.807) is 0 Å². The lowest BCUT2D eigenvalue weighted by molar-refractivity contribution is 0.672. The quantitative estimate of drug-likeness (QED) is 0.155. The average molecular weight is 1200 g/mol. The molecular formula is C88H54O2. The van der Waals surface area contributed by atoms with Crippen molar-refractivity contribution < 1.29 is 82.9 Å². The lowest BCUT2D eigenvalue weighted by Gasteiger charge is -2.19. The molecule has 0 aliphatic rings. The Morgan fingerprint density at radius 3 is 0.989 bits per heavy atom. The Bertz CT molecular complexity index is 9230. The molecule has 17 aromatic carbocycles. The third-order valence-electron chi connectivity index (χ3n) is 14.8. The molecular weight excluding hydrogens is 1090 g/mol. The highest BCUT2D eigenvalue weighted by Crippen LogP contribution is 2.51. The lowest BCUT2D eigenvalue weighted by Crippen LogP contribution is -1.92. The summed E-state index contributed by atoms with van der Waals surface area (Å²) in [6.45, 7) is 0. The van der Waals surface area contributed by atoms with Crippen LogP contribution in [0.15, 0.2) is 335 Å². The zero-order valence-corrected chi connectivity index (χ0v) is 44.8. The standard InChI is InChI=1S/C46H28O.C42H26O/c1-2-13-29(14-3-1)41-28-32(27-31-16-5-6-17-33(31)41)43-35-19-8-10-21-37(35)44(38-22-11-9-20-36(38)43)39-23-12-24-42-45(39)40-26-25-30-15-4-7-18-34(30)46(40)47-42;1-2-11-27(12-3-1)28-21-23-30(24-22-28)39-32-15-6-8-17-34(32)40(35-18-9-7-16-33(35)39)36-19-10-20-38-41(36)37-26-25-29-13-4-5-14-31(29)42(37)43-38/h1-28H;1-26H/i1D,2D,3D,4D,5D,6D,7D,8D,9D,10D,11D,12D,13D,14D,15D,16D,17D,18D,19D,20D,21D,22D,23D,24D,25D,26D,27D,28D;1D,2D,3D,4D,5D,6D,7D,8D,9D,10D,11D,12D,13D,14D,15D,16D,17D,18D,19D,20D,21D,22D,23D,24D,25D,26D. The Labute approximate surface area is 595 Å². The molecule has 0 fully saturated rings. The fourth-order valence-corrected chi connectivity index (χ4v) is 11.1. The van der Waals surface area contributed by atoms with Crippen LogP contribution in [0, 0.1) is 0 Å². The second kappa shape index (κ2) is 21.0. The van der Waals surface area contributed by atoms with Crippen molar-refractivity contribution in [2.45, 2.75) is 0 Å². The van der Waals surface area contributed by atoms with Crippen molar-refractivity contribution in [3.8, 4) is 66.8 Å². The van der Waals surface area contributed by atoms with Crippen molar-refractivity contribution >= 4 is 119 Å². The zero-order chi connectivity index (χ0) is 106. The van der Waals surface area contributed by atoms with Crippen LogP contribution in [0.1, 0.15) is 74.0 Å². The van der Waals surface area contributed by atoms with Crippen molar-refractivity contribution in [3.05, 3.63) is 326 Å². The molecule has 2 heteroatoms. The Hall–Kier alpha value is -11.8. The molecule has 0 saturated carbocycles. The molecule has 0 atom stereocenters. The second-order valence-corrected chi connectivity index (χ2v) is 19.5. The summed E-state index contributed by atoms with van der Waals surface area (Å²) in [7, 11) is 0. The van der Waals surface area contributed by atoms with Crippen molar-refractivity contribution in [1.29, 1.82) is 0 Å². The van der Waals surface area contributed by atoms with Gasteiger partial charge in [-0.2, -0.15) is 0 Å². The molecule has 2 aromatic heterocycles. The third-order valence-corrected chi connectivity index (χ3v) is 14.8. The number of fused-ring (bicyclic) bond motifs is 15. The van der Waals surface area contributed by atoms with Crippen LogP contribution in [0.2, 0.25) is 0 Å². The lowest BCUT2D eigenvalue weighted by atomic mass is 9.83. The molecule has 2 heterocycles. The second-order valence-electron chi connectivity index (χ2n) is 19.5. The van der Waals surface area contributed by atoms with Crippen LogP contribution in [-0.4, -0.2) is 0 Å². The van der Waals surface area contributed by atoms with E-state index < -0.39 is 512 Å². The summed E-state index contributed by atoms with van der Waals surface area (Å²) >= 11 is 0. The molecule has 90 heavy (non-hydrogen) atoms. The van der Waals surface area contributed by atoms with Crippen molar-refractivity contribution in [3.63, 3.8) is 0 Å². The van der Waals surface area contributed by atoms with Gasteiger partial charge in [-0.25, -0.2) is 0 Å². The van der Waals surface area contributed by atoms with E-state index in [1.807, 2.05) is 0 Å². The molecule has 0 unspecified atom stereocenters. The highest BCUT2D eigenvalue weighted by atomic mass is 16.3. The molecule has 19 rings (SSSR count). The summed E-state index contributed by atoms with van der Waals surface area (Å²) in [6, 6.07) is -50.2. The fraction of sp³-hybridized carbons (Fsp3) is 0. The minimum Gasteiger partial charge on any atom is -0.455 e. The summed E-state index contributed by atoms with van der Waals surface area (Å²) in [5.74, 6) is 0. The minimum atomic E-state index is -1.08. The van der Waals surface area contributed by atoms with E-state index in [4.69, 9.17) is 58.2 Å². The monoisotopic (exact) mass is 1200 g/mol. The predicted molar refractivity (Wildman–Crippen MR) is 383 cm³/mol. The third kappa shape index (κ3) is 8.19. The van der Waals surface area contributed by atoms with Crippen LogP contribution in [0.25, 0.3) is 186 Å². The molecule has 418 valence electrons. The summed E-state index contributed by atoms with van der Waals surface area (Å²) in [4.78, 5) is 0. The number of benzene rings is 17. The van der Waals surface area contributed by atoms with Crippen LogP contribution in [0.3, 0.4) is 0 Å². The van der Waals surface area contributed by atoms with E-state index in [1.165, 1.54) is 0 Å². The maximum atomic E-state index is 9.99. The topological polar surface area (TPSA) is 26.3 Å². The normalized spacial score (nSPS) is 20.2. The van der Waals surface area contributed by atoms with Gasteiger partial charge in [-0.05, 0) is 168 Å². The van der Waals surface area contributed by atoms with Gasteiger partial charge in [-0.1, -0.05) is 290 Å². The van der Waals surface area contributed by atoms with Gasteiger partial charge in [0.25, 0.3) is 0 Å². The SMILES string of the molecule is [2H]c1c([2H])c([2H])c(-c2c([2H])c(-c3c4c([2H])c([2H])c([2H])c([2H])c4c(-c4c([2H])c([2H])c([2H])c5oc6c7c([2H])c([2H])c([2H])c([2H])c7c([2H])c([2H])c6c45)c4c([2H])c([2H])c([2H])c([2H])c34)c([2H])c3c([2H])c([2H])c([2H])c([2H])c23)c([2H])c1[2H].[2H]c1c([2H])c([2H])c(-c2c([2H])c([2H])c(-c3c4c([2H])c([2H])c([2H])c([2H])c4c(-c4c([2H])c([2H])c([2H])c5oc6c7c([2H])c([2H])c([2H])c([2H])c7c([2H])c([2H])c6c45)c4c([2H])c([2H])c([2H])c([2H])c34)c([2H])c2[2H])c([2H])c1[2H]. The Morgan fingerprint density at radius 1 is 0.189 bits per heavy atom. The van der Waals surface area contributed by atoms with Gasteiger partial charge >= 0.3 is 0 Å². The number of hydrogen-bond donors (Lipinski definition) is 0. The largest absolute Gasteiger partial charge is 0.455 e. The number of furan rings is 2. The van der Waals surface area contributed by atoms with Crippen molar-refractivity contribution in [2.75, 3.05) is 0 Å². The molecule has 0 amide bonds. The maximum absolute atomic E-state index is 9.99. The first kappa shape index (κ1) is 20.9. The molecule has 2 nitrogen and oxygen atoms in total. The maximum Gasteiger partial charge on any atom is 0.143 e. The first-order valence-corrected chi connectivity index (χ1v) is 26.6. The van der Waals surface area contributed by atoms with Crippen LogP contribution in [0.5, 0.6) is 0 Å². The fourth-order valence-electron chi connectivity index (χ4n) is 11.1. The summed E-state index contributed by atoms with van der Waals surface area (Å²) in [6.07, 6.45) is 0. The van der Waals surface area contributed by atoms with E-state index in [9.17, 15) is 24.7 Å². The molecule has 0 saturated heterocycles. The van der Waals surface area contributed by atoms with Crippen LogP contribution in [-0.2, 0) is 0 Å². The number of hydrogen-bond acceptors (Lipinski definition) is 2. The number of rotatable bonds is 6. The van der Waals surface area contributed by atoms with E-state index in [2.05, 4.69) is 0 Å². The molecule has 0 aliphatic heterocycles. The van der Waals surface area contributed by atoms with Crippen molar-refractivity contribution in [1.82, 2.24) is 0 Å². The minimum absolute atomic E-state index is 0.444. The summed E-state index contributed by atoms with van der Waals surface area (Å²) < 4.78 is 497. The van der Waals surface area contributed by atoms with E-state index >= 15 is 0 Å². The molecule has 0 aliphatic carbocycles. The van der Waals surface area contributed by atoms with Gasteiger partial charge in [-0.3, -0.25) is 0 Å². The van der Waals surface area contributed by atoms with Gasteiger partial charge in [-0.15, -0.1) is 0 Å². The Balaban J connectivity index is 0.000000190. The molecule has 0 N–H and O–H groups in total. The molecule has 0 bridgehead atoms. The predicted octanol–water partition coefficient (Wildman–Crippen LogP) is 25.2. The van der Waals surface area contributed by atoms with Crippen LogP contribution in [0.4, 0.5) is 0 Å². The van der Waals surface area contributed by atoms with Crippen molar-refractivity contribution in [2.24, 2.45) is 0 Å². The van der Waals surface area contributed by atoms with Gasteiger partial charge in [0.2, 0.25) is 0 Å². The van der Waals surface area contributed by atoms with Gasteiger partial charge < -0.3 is 8.83 Å². The Kier molecular flexibility index (Phi) is 4.87. The summed E-state index contributed by atoms with van der Waals surface area (Å²) in [5, 5.41) is -11.4. The molecule has 0 radical (unpaired) electrons. The van der Waals surface area contributed by atoms with Gasteiger partial charge in [0.05, 0.1) is 74.0 Å². The van der Waals surface area contributed by atoms with Crippen LogP contribution >= 0.6 is 0 Å². The molecule has 0 spiro atoms. The first-order chi connectivity index (χ1) is 67.1. The van der Waals surface area contributed by atoms with Gasteiger partial charge in [0.1, 0.15) is 22.3 Å². The van der Waals surface area contributed by atoms with E-state index in [-0.39, 0.29) is 0 Å². The van der Waals surface area contributed by atoms with E-state index in [0.29, 0.717) is 0 Å². The highest BCUT2D eigenvalue weighted by Gasteiger charge is 2.24. The van der Waals surface area contributed by atoms with Gasteiger partial charge in [0.15, 0.2) is 0 Å². The highest BCUT2D eigenvalue weighted by molar-refractivity contribution is 6.29. The summed E-state index contributed by atoms with van der Waals surface area (Å²) in [5.41, 5.74) is -11.5. The Morgan fingerprint density at radius 2 is 0.533 bits per heavy atom. The zero-order valence-electron chi connectivity index (χ0n) is 98.8. The van der Waals surface area contributed by atoms with Crippen LogP contribution < -0.4 is 0 Å². The van der Waals surface area contributed by atoms with E-state index in [0.717, 1.165) is 0 Å². The van der Waals surface area contributed by atoms with Gasteiger partial charge in [0, 0.05) is 32.3 Å². The molecule has 19 aromatic rings.